The van der Waals surface area contributed by atoms with E-state index in [-0.39, 0.29) is 19.1 Å². The van der Waals surface area contributed by atoms with Crippen LogP contribution in [0.4, 0.5) is 0 Å². The van der Waals surface area contributed by atoms with Gasteiger partial charge in [0.25, 0.3) is 5.91 Å². The monoisotopic (exact) mass is 297 g/mol. The standard InChI is InChI=1S/C15H23NO3S/c1-2-15(9-17,10-18)16-14(19)13-8-11-6-4-3-5-7-12(11)20-13/h8,17-18H,2-7,9-10H2,1H3,(H,16,19). The largest absolute Gasteiger partial charge is 0.394 e. The number of carbonyl (C=O) groups excluding carboxylic acids is 1. The number of nitrogens with one attached hydrogen (secondary N) is 1. The summed E-state index contributed by atoms with van der Waals surface area (Å²) in [6.45, 7) is 1.34. The molecule has 4 nitrogen and oxygen atoms in total. The summed E-state index contributed by atoms with van der Waals surface area (Å²) in [6, 6.07) is 1.98. The molecule has 0 atom stereocenters. The summed E-state index contributed by atoms with van der Waals surface area (Å²) >= 11 is 1.55. The van der Waals surface area contributed by atoms with Crippen molar-refractivity contribution in [2.75, 3.05) is 13.2 Å². The smallest absolute Gasteiger partial charge is 0.261 e. The Labute approximate surface area is 123 Å². The number of hydrogen-bond donors (Lipinski definition) is 3. The lowest BCUT2D eigenvalue weighted by atomic mass is 9.98. The predicted molar refractivity (Wildman–Crippen MR) is 80.2 cm³/mol. The number of rotatable bonds is 5. The van der Waals surface area contributed by atoms with Crippen molar-refractivity contribution < 1.29 is 15.0 Å². The number of hydrogen-bond acceptors (Lipinski definition) is 4. The lowest BCUT2D eigenvalue weighted by molar-refractivity contribution is 0.0656. The van der Waals surface area contributed by atoms with E-state index in [1.807, 2.05) is 13.0 Å². The second kappa shape index (κ2) is 6.70. The lowest BCUT2D eigenvalue weighted by Gasteiger charge is -2.29. The van der Waals surface area contributed by atoms with E-state index in [9.17, 15) is 15.0 Å². The highest BCUT2D eigenvalue weighted by molar-refractivity contribution is 7.14. The highest BCUT2D eigenvalue weighted by Gasteiger charge is 2.29. The van der Waals surface area contributed by atoms with Gasteiger partial charge in [-0.2, -0.15) is 0 Å². The van der Waals surface area contributed by atoms with Gasteiger partial charge in [-0.05, 0) is 43.7 Å². The molecule has 1 aromatic rings. The van der Waals surface area contributed by atoms with Gasteiger partial charge in [0.15, 0.2) is 0 Å². The van der Waals surface area contributed by atoms with Crippen LogP contribution in [0.1, 0.15) is 52.7 Å². The molecule has 3 N–H and O–H groups in total. The van der Waals surface area contributed by atoms with E-state index >= 15 is 0 Å². The zero-order valence-corrected chi connectivity index (χ0v) is 12.8. The predicted octanol–water partition coefficient (Wildman–Crippen LogP) is 1.88. The molecule has 0 radical (unpaired) electrons. The second-order valence-electron chi connectivity index (χ2n) is 5.52. The molecule has 0 saturated carbocycles. The van der Waals surface area contributed by atoms with Gasteiger partial charge in [0.2, 0.25) is 0 Å². The molecule has 5 heteroatoms. The number of thiophene rings is 1. The Bertz CT molecular complexity index is 434. The van der Waals surface area contributed by atoms with Crippen LogP contribution < -0.4 is 5.32 Å². The van der Waals surface area contributed by atoms with Crippen LogP contribution >= 0.6 is 11.3 Å². The molecule has 2 rings (SSSR count). The number of aryl methyl sites for hydroxylation is 2. The minimum absolute atomic E-state index is 0.187. The van der Waals surface area contributed by atoms with Gasteiger partial charge in [-0.15, -0.1) is 11.3 Å². The van der Waals surface area contributed by atoms with Crippen LogP contribution in [0.5, 0.6) is 0 Å². The second-order valence-corrected chi connectivity index (χ2v) is 6.66. The maximum absolute atomic E-state index is 12.3. The molecule has 0 fully saturated rings. The Morgan fingerprint density at radius 1 is 1.30 bits per heavy atom. The van der Waals surface area contributed by atoms with E-state index in [0.29, 0.717) is 11.3 Å². The summed E-state index contributed by atoms with van der Waals surface area (Å²) in [6.07, 6.45) is 6.26. The fourth-order valence-electron chi connectivity index (χ4n) is 2.52. The number of aliphatic hydroxyl groups is 2. The first-order chi connectivity index (χ1) is 9.64. The zero-order valence-electron chi connectivity index (χ0n) is 11.9. The number of carbonyl (C=O) groups is 1. The van der Waals surface area contributed by atoms with Gasteiger partial charge >= 0.3 is 0 Å². The van der Waals surface area contributed by atoms with Crippen LogP contribution in [-0.2, 0) is 12.8 Å². The number of amides is 1. The number of fused-ring (bicyclic) bond motifs is 1. The molecule has 0 saturated heterocycles. The molecule has 1 amide bonds. The van der Waals surface area contributed by atoms with Crippen molar-refractivity contribution in [3.05, 3.63) is 21.4 Å². The SMILES string of the molecule is CCC(CO)(CO)NC(=O)c1cc2c(s1)CCCCC2. The normalized spacial score (nSPS) is 15.6. The Kier molecular flexibility index (Phi) is 5.18. The highest BCUT2D eigenvalue weighted by atomic mass is 32.1. The van der Waals surface area contributed by atoms with Crippen molar-refractivity contribution in [3.63, 3.8) is 0 Å². The molecule has 1 aliphatic carbocycles. The summed E-state index contributed by atoms with van der Waals surface area (Å²) < 4.78 is 0. The maximum atomic E-state index is 12.3. The van der Waals surface area contributed by atoms with Gasteiger partial charge in [-0.25, -0.2) is 0 Å². The van der Waals surface area contributed by atoms with Crippen LogP contribution in [-0.4, -0.2) is 34.9 Å². The zero-order chi connectivity index (χ0) is 14.6. The minimum Gasteiger partial charge on any atom is -0.394 e. The highest BCUT2D eigenvalue weighted by Crippen LogP contribution is 2.29. The third kappa shape index (κ3) is 3.22. The Balaban J connectivity index is 2.13. The number of aliphatic hydroxyl groups excluding tert-OH is 2. The van der Waals surface area contributed by atoms with Crippen LogP contribution in [0, 0.1) is 0 Å². The van der Waals surface area contributed by atoms with Gasteiger partial charge in [-0.3, -0.25) is 4.79 Å². The van der Waals surface area contributed by atoms with E-state index in [1.54, 1.807) is 11.3 Å². The van der Waals surface area contributed by atoms with Crippen molar-refractivity contribution >= 4 is 17.2 Å². The molecule has 20 heavy (non-hydrogen) atoms. The van der Waals surface area contributed by atoms with Crippen molar-refractivity contribution in [3.8, 4) is 0 Å². The van der Waals surface area contributed by atoms with Crippen molar-refractivity contribution in [1.29, 1.82) is 0 Å². The average molecular weight is 297 g/mol. The lowest BCUT2D eigenvalue weighted by Crippen LogP contribution is -2.53. The average Bonchev–Trinajstić information content (AvgIpc) is 2.76. The van der Waals surface area contributed by atoms with Gasteiger partial charge in [-0.1, -0.05) is 13.3 Å². The molecule has 0 bridgehead atoms. The molecule has 0 unspecified atom stereocenters. The molecule has 0 aromatic carbocycles. The first-order valence-electron chi connectivity index (χ1n) is 7.30. The molecule has 1 heterocycles. The fourth-order valence-corrected chi connectivity index (χ4v) is 3.67. The summed E-state index contributed by atoms with van der Waals surface area (Å²) in [7, 11) is 0. The Morgan fingerprint density at radius 2 is 2.00 bits per heavy atom. The molecule has 0 aliphatic heterocycles. The van der Waals surface area contributed by atoms with Crippen LogP contribution in [0.3, 0.4) is 0 Å². The minimum atomic E-state index is -0.918. The molecular weight excluding hydrogens is 274 g/mol. The third-order valence-electron chi connectivity index (χ3n) is 4.13. The summed E-state index contributed by atoms with van der Waals surface area (Å²) in [4.78, 5) is 14.3. The van der Waals surface area contributed by atoms with Crippen molar-refractivity contribution in [2.24, 2.45) is 0 Å². The van der Waals surface area contributed by atoms with E-state index < -0.39 is 5.54 Å². The third-order valence-corrected chi connectivity index (χ3v) is 5.37. The van der Waals surface area contributed by atoms with Crippen molar-refractivity contribution in [2.45, 2.75) is 51.0 Å². The van der Waals surface area contributed by atoms with E-state index in [4.69, 9.17) is 0 Å². The van der Waals surface area contributed by atoms with E-state index in [1.165, 1.54) is 29.7 Å². The summed E-state index contributed by atoms with van der Waals surface area (Å²) in [5.74, 6) is -0.187. The van der Waals surface area contributed by atoms with E-state index in [0.717, 1.165) is 12.8 Å². The summed E-state index contributed by atoms with van der Waals surface area (Å²) in [5.41, 5.74) is 0.381. The fraction of sp³-hybridized carbons (Fsp3) is 0.667. The first kappa shape index (κ1) is 15.5. The Morgan fingerprint density at radius 3 is 2.65 bits per heavy atom. The molecule has 0 spiro atoms. The maximum Gasteiger partial charge on any atom is 0.261 e. The quantitative estimate of drug-likeness (QED) is 0.727. The molecule has 1 aromatic heterocycles. The van der Waals surface area contributed by atoms with Crippen molar-refractivity contribution in [1.82, 2.24) is 5.32 Å². The molecule has 1 aliphatic rings. The van der Waals surface area contributed by atoms with Gasteiger partial charge in [0.05, 0.1) is 23.6 Å². The molecular formula is C15H23NO3S. The first-order valence-corrected chi connectivity index (χ1v) is 8.11. The molecule has 112 valence electrons. The van der Waals surface area contributed by atoms with Crippen LogP contribution in [0.2, 0.25) is 0 Å². The summed E-state index contributed by atoms with van der Waals surface area (Å²) in [5, 5.41) is 21.6. The van der Waals surface area contributed by atoms with Crippen LogP contribution in [0.15, 0.2) is 6.07 Å². The van der Waals surface area contributed by atoms with Gasteiger partial charge < -0.3 is 15.5 Å². The van der Waals surface area contributed by atoms with Crippen LogP contribution in [0.25, 0.3) is 0 Å². The topological polar surface area (TPSA) is 69.6 Å². The van der Waals surface area contributed by atoms with Gasteiger partial charge in [0.1, 0.15) is 0 Å². The Hall–Kier alpha value is -0.910. The van der Waals surface area contributed by atoms with E-state index in [2.05, 4.69) is 5.32 Å². The van der Waals surface area contributed by atoms with Gasteiger partial charge in [0, 0.05) is 4.88 Å².